The topological polar surface area (TPSA) is 101 Å². The van der Waals surface area contributed by atoms with Crippen LogP contribution in [0.5, 0.6) is 11.5 Å². The summed E-state index contributed by atoms with van der Waals surface area (Å²) in [5, 5.41) is 8.63. The van der Waals surface area contributed by atoms with E-state index in [4.69, 9.17) is 32.7 Å². The van der Waals surface area contributed by atoms with E-state index in [0.29, 0.717) is 21.5 Å². The van der Waals surface area contributed by atoms with Gasteiger partial charge in [0, 0.05) is 0 Å². The molecule has 0 aliphatic carbocycles. The fourth-order valence-corrected chi connectivity index (χ4v) is 2.88. The molecule has 0 spiro atoms. The van der Waals surface area contributed by atoms with Gasteiger partial charge in [0.15, 0.2) is 13.2 Å². The minimum atomic E-state index is -0.422. The van der Waals surface area contributed by atoms with Crippen molar-refractivity contribution in [3.05, 3.63) is 94.0 Å². The van der Waals surface area contributed by atoms with Crippen LogP contribution < -0.4 is 20.3 Å². The maximum absolute atomic E-state index is 11.8. The summed E-state index contributed by atoms with van der Waals surface area (Å²) in [7, 11) is 0. The molecule has 3 rings (SSSR count). The number of hydrogen-bond acceptors (Lipinski definition) is 6. The van der Waals surface area contributed by atoms with Gasteiger partial charge in [0.25, 0.3) is 11.8 Å². The summed E-state index contributed by atoms with van der Waals surface area (Å²) < 4.78 is 10.7. The Kier molecular flexibility index (Phi) is 9.45. The van der Waals surface area contributed by atoms with Crippen molar-refractivity contribution in [2.75, 3.05) is 13.2 Å². The number of benzene rings is 3. The van der Waals surface area contributed by atoms with Crippen LogP contribution in [0.25, 0.3) is 0 Å². The largest absolute Gasteiger partial charge is 0.482 e. The van der Waals surface area contributed by atoms with Crippen molar-refractivity contribution >= 4 is 47.4 Å². The van der Waals surface area contributed by atoms with Crippen LogP contribution in [0.1, 0.15) is 11.1 Å². The number of carbonyl (C=O) groups is 2. The van der Waals surface area contributed by atoms with Crippen molar-refractivity contribution in [2.45, 2.75) is 0 Å². The first-order valence-electron chi connectivity index (χ1n) is 10.00. The summed E-state index contributed by atoms with van der Waals surface area (Å²) in [4.78, 5) is 23.7. The number of hydrogen-bond donors (Lipinski definition) is 2. The predicted octanol–water partition coefficient (Wildman–Crippen LogP) is 4.05. The molecule has 3 aromatic rings. The molecular formula is C24H20Cl2N4O4. The normalized spacial score (nSPS) is 10.9. The van der Waals surface area contributed by atoms with E-state index in [1.165, 1.54) is 12.4 Å². The van der Waals surface area contributed by atoms with Crippen molar-refractivity contribution in [2.24, 2.45) is 10.2 Å². The number of carbonyl (C=O) groups excluding carboxylic acids is 2. The lowest BCUT2D eigenvalue weighted by atomic mass is 10.2. The molecule has 0 fully saturated rings. The van der Waals surface area contributed by atoms with Gasteiger partial charge in [-0.05, 0) is 35.4 Å². The second-order valence-corrected chi connectivity index (χ2v) is 7.51. The Balaban J connectivity index is 1.38. The molecule has 8 nitrogen and oxygen atoms in total. The molecule has 0 aromatic heterocycles. The van der Waals surface area contributed by atoms with Crippen LogP contribution in [0.2, 0.25) is 10.0 Å². The molecule has 0 heterocycles. The lowest BCUT2D eigenvalue weighted by Gasteiger charge is -2.06. The Morgan fingerprint density at radius 3 is 1.44 bits per heavy atom. The molecule has 0 bridgehead atoms. The molecule has 10 heteroatoms. The zero-order valence-corrected chi connectivity index (χ0v) is 19.3. The third-order valence-corrected chi connectivity index (χ3v) is 4.76. The molecule has 0 atom stereocenters. The Morgan fingerprint density at radius 1 is 0.676 bits per heavy atom. The summed E-state index contributed by atoms with van der Waals surface area (Å²) >= 11 is 11.9. The highest BCUT2D eigenvalue weighted by Gasteiger charge is 2.05. The highest BCUT2D eigenvalue weighted by molar-refractivity contribution is 6.32. The average molecular weight is 499 g/mol. The highest BCUT2D eigenvalue weighted by atomic mass is 35.5. The summed E-state index contributed by atoms with van der Waals surface area (Å²) in [5.41, 5.74) is 6.26. The molecule has 3 aromatic carbocycles. The van der Waals surface area contributed by atoms with Gasteiger partial charge in [-0.15, -0.1) is 0 Å². The monoisotopic (exact) mass is 498 g/mol. The second-order valence-electron chi connectivity index (χ2n) is 6.69. The van der Waals surface area contributed by atoms with Gasteiger partial charge in [-0.25, -0.2) is 10.9 Å². The maximum atomic E-state index is 11.8. The molecule has 0 aliphatic rings. The molecular weight excluding hydrogens is 479 g/mol. The third kappa shape index (κ3) is 8.23. The van der Waals surface area contributed by atoms with E-state index in [1.807, 2.05) is 0 Å². The van der Waals surface area contributed by atoms with Gasteiger partial charge in [-0.3, -0.25) is 9.59 Å². The summed E-state index contributed by atoms with van der Waals surface area (Å²) in [6.07, 6.45) is 2.98. The lowest BCUT2D eigenvalue weighted by molar-refractivity contribution is -0.123. The summed E-state index contributed by atoms with van der Waals surface area (Å²) in [5.74, 6) is -0.00178. The van der Waals surface area contributed by atoms with E-state index in [0.717, 1.165) is 11.1 Å². The van der Waals surface area contributed by atoms with Gasteiger partial charge in [-0.2, -0.15) is 10.2 Å². The van der Waals surface area contributed by atoms with Crippen molar-refractivity contribution in [1.29, 1.82) is 0 Å². The van der Waals surface area contributed by atoms with Crippen molar-refractivity contribution in [3.63, 3.8) is 0 Å². The van der Waals surface area contributed by atoms with E-state index in [9.17, 15) is 9.59 Å². The van der Waals surface area contributed by atoms with Crippen LogP contribution in [0.3, 0.4) is 0 Å². The SMILES string of the molecule is O=C(COc1ccccc1Cl)NN=Cc1ccc(C=NNC(=O)COc2ccccc2Cl)cc1. The van der Waals surface area contributed by atoms with Gasteiger partial charge in [0.1, 0.15) is 11.5 Å². The molecule has 2 N–H and O–H groups in total. The molecule has 0 saturated heterocycles. The maximum Gasteiger partial charge on any atom is 0.277 e. The number of rotatable bonds is 10. The predicted molar refractivity (Wildman–Crippen MR) is 132 cm³/mol. The average Bonchev–Trinajstić information content (AvgIpc) is 2.84. The van der Waals surface area contributed by atoms with E-state index < -0.39 is 11.8 Å². The first-order chi connectivity index (χ1) is 16.5. The van der Waals surface area contributed by atoms with Crippen LogP contribution in [0.15, 0.2) is 83.0 Å². The number of amides is 2. The first kappa shape index (κ1) is 24.8. The Bertz CT molecular complexity index is 1090. The van der Waals surface area contributed by atoms with E-state index in [-0.39, 0.29) is 13.2 Å². The van der Waals surface area contributed by atoms with E-state index in [1.54, 1.807) is 72.8 Å². The molecule has 0 saturated carbocycles. The Hall–Kier alpha value is -3.88. The van der Waals surface area contributed by atoms with Crippen LogP contribution in [-0.4, -0.2) is 37.5 Å². The quantitative estimate of drug-likeness (QED) is 0.325. The van der Waals surface area contributed by atoms with E-state index in [2.05, 4.69) is 21.1 Å². The smallest absolute Gasteiger partial charge is 0.277 e. The van der Waals surface area contributed by atoms with Crippen LogP contribution in [0, 0.1) is 0 Å². The van der Waals surface area contributed by atoms with Crippen molar-refractivity contribution in [3.8, 4) is 11.5 Å². The zero-order valence-electron chi connectivity index (χ0n) is 17.8. The number of nitrogens with one attached hydrogen (secondary N) is 2. The molecule has 0 radical (unpaired) electrons. The van der Waals surface area contributed by atoms with Crippen LogP contribution in [-0.2, 0) is 9.59 Å². The summed E-state index contributed by atoms with van der Waals surface area (Å²) in [6.45, 7) is -0.433. The number of hydrazone groups is 2. The van der Waals surface area contributed by atoms with Gasteiger partial charge in [0.2, 0.25) is 0 Å². The molecule has 2 amide bonds. The third-order valence-electron chi connectivity index (χ3n) is 4.13. The zero-order chi connectivity index (χ0) is 24.2. The highest BCUT2D eigenvalue weighted by Crippen LogP contribution is 2.23. The van der Waals surface area contributed by atoms with Crippen LogP contribution >= 0.6 is 23.2 Å². The van der Waals surface area contributed by atoms with Gasteiger partial charge >= 0.3 is 0 Å². The number of halogens is 2. The second kappa shape index (κ2) is 13.0. The standard InChI is InChI=1S/C24H20Cl2N4O4/c25-19-5-1-3-7-21(19)33-15-23(31)29-27-13-17-9-11-18(12-10-17)14-28-30-24(32)16-34-22-8-4-2-6-20(22)26/h1-14H,15-16H2,(H,29,31)(H,30,32). The molecule has 0 unspecified atom stereocenters. The Labute approximate surface area is 206 Å². The Morgan fingerprint density at radius 2 is 1.06 bits per heavy atom. The molecule has 174 valence electrons. The fraction of sp³-hybridized carbons (Fsp3) is 0.0833. The summed E-state index contributed by atoms with van der Waals surface area (Å²) in [6, 6.07) is 20.9. The van der Waals surface area contributed by atoms with Crippen molar-refractivity contribution in [1.82, 2.24) is 10.9 Å². The van der Waals surface area contributed by atoms with Crippen LogP contribution in [0.4, 0.5) is 0 Å². The fourth-order valence-electron chi connectivity index (χ4n) is 2.50. The van der Waals surface area contributed by atoms with Crippen molar-refractivity contribution < 1.29 is 19.1 Å². The van der Waals surface area contributed by atoms with Gasteiger partial charge < -0.3 is 9.47 Å². The van der Waals surface area contributed by atoms with E-state index >= 15 is 0 Å². The molecule has 34 heavy (non-hydrogen) atoms. The number of nitrogens with zero attached hydrogens (tertiary/aromatic N) is 2. The van der Waals surface area contributed by atoms with Gasteiger partial charge in [0.05, 0.1) is 22.5 Å². The minimum Gasteiger partial charge on any atom is -0.482 e. The lowest BCUT2D eigenvalue weighted by Crippen LogP contribution is -2.24. The minimum absolute atomic E-state index is 0.217. The van der Waals surface area contributed by atoms with Gasteiger partial charge in [-0.1, -0.05) is 71.7 Å². The number of ether oxygens (including phenoxy) is 2. The first-order valence-corrected chi connectivity index (χ1v) is 10.8. The number of para-hydroxylation sites is 2. The molecule has 0 aliphatic heterocycles.